The molecule has 0 atom stereocenters. The molecule has 0 bridgehead atoms. The van der Waals surface area contributed by atoms with Gasteiger partial charge in [0.2, 0.25) is 0 Å². The Hall–Kier alpha value is -2.00. The summed E-state index contributed by atoms with van der Waals surface area (Å²) >= 11 is 0.268. The lowest BCUT2D eigenvalue weighted by Crippen LogP contribution is -2.10. The largest absolute Gasteiger partial charge is 0.355 e. The van der Waals surface area contributed by atoms with Crippen molar-refractivity contribution in [3.8, 4) is 0 Å². The molecule has 0 saturated heterocycles. The molecule has 3 heteroatoms. The van der Waals surface area contributed by atoms with Crippen LogP contribution in [0.4, 0.5) is 9.57 Å². The average Bonchev–Trinajstić information content (AvgIpc) is 2.49. The molecule has 0 radical (unpaired) electrons. The Bertz CT molecular complexity index is 704. The first-order chi connectivity index (χ1) is 9.70. The van der Waals surface area contributed by atoms with Gasteiger partial charge in [-0.3, -0.25) is 0 Å². The van der Waals surface area contributed by atoms with Gasteiger partial charge >= 0.3 is 0 Å². The van der Waals surface area contributed by atoms with Crippen LogP contribution in [-0.4, -0.2) is 0 Å². The lowest BCUT2D eigenvalue weighted by molar-refractivity contribution is 0.934. The molecular formula is C17H14FNS. The van der Waals surface area contributed by atoms with E-state index in [1.165, 1.54) is 0 Å². The molecular weight excluding hydrogens is 269 g/mol. The zero-order valence-corrected chi connectivity index (χ0v) is 11.9. The normalized spacial score (nSPS) is 14.0. The van der Waals surface area contributed by atoms with Gasteiger partial charge in [0.15, 0.2) is 0 Å². The highest BCUT2D eigenvalue weighted by atomic mass is 32.2. The average molecular weight is 283 g/mol. The molecule has 1 aliphatic rings. The third-order valence-electron chi connectivity index (χ3n) is 3.53. The molecule has 0 spiro atoms. The second-order valence-corrected chi connectivity index (χ2v) is 5.38. The molecule has 1 aliphatic heterocycles. The zero-order chi connectivity index (χ0) is 14.1. The number of nitrogens with one attached hydrogen (secondary N) is 1. The van der Waals surface area contributed by atoms with Gasteiger partial charge in [0.05, 0.1) is 12.1 Å². The van der Waals surface area contributed by atoms with Gasteiger partial charge in [0.1, 0.15) is 0 Å². The van der Waals surface area contributed by atoms with E-state index in [0.717, 1.165) is 33.7 Å². The number of fused-ring (bicyclic) bond motifs is 1. The van der Waals surface area contributed by atoms with Crippen LogP contribution in [0.2, 0.25) is 0 Å². The van der Waals surface area contributed by atoms with E-state index < -0.39 is 0 Å². The van der Waals surface area contributed by atoms with Crippen LogP contribution in [0.1, 0.15) is 18.1 Å². The molecule has 0 unspecified atom stereocenters. The van der Waals surface area contributed by atoms with E-state index >= 15 is 0 Å². The topological polar surface area (TPSA) is 12.0 Å². The first kappa shape index (κ1) is 13.0. The van der Waals surface area contributed by atoms with Gasteiger partial charge in [-0.15, -0.1) is 0 Å². The van der Waals surface area contributed by atoms with Crippen molar-refractivity contribution in [1.29, 1.82) is 0 Å². The fraction of sp³-hybridized carbons (Fsp3) is 0.0588. The number of anilines is 1. The van der Waals surface area contributed by atoms with Crippen molar-refractivity contribution in [2.24, 2.45) is 0 Å². The van der Waals surface area contributed by atoms with Crippen molar-refractivity contribution >= 4 is 23.4 Å². The lowest BCUT2D eigenvalue weighted by atomic mass is 9.88. The van der Waals surface area contributed by atoms with E-state index in [2.05, 4.69) is 24.0 Å². The SMILES string of the molecule is C=C1Nc2ccc(SF)cc2C(c2ccccc2)=C1C. The number of allylic oxidation sites excluding steroid dienone is 1. The first-order valence-electron chi connectivity index (χ1n) is 6.36. The Kier molecular flexibility index (Phi) is 3.36. The van der Waals surface area contributed by atoms with E-state index in [0.29, 0.717) is 4.90 Å². The van der Waals surface area contributed by atoms with Crippen LogP contribution >= 0.6 is 12.1 Å². The predicted molar refractivity (Wildman–Crippen MR) is 84.3 cm³/mol. The molecule has 1 N–H and O–H groups in total. The van der Waals surface area contributed by atoms with Gasteiger partial charge in [-0.1, -0.05) is 36.9 Å². The van der Waals surface area contributed by atoms with Crippen molar-refractivity contribution in [3.05, 3.63) is 77.5 Å². The van der Waals surface area contributed by atoms with Crippen LogP contribution in [0.5, 0.6) is 0 Å². The Morgan fingerprint density at radius 1 is 1.10 bits per heavy atom. The summed E-state index contributed by atoms with van der Waals surface area (Å²) in [6.45, 7) is 6.10. The third-order valence-corrected chi connectivity index (χ3v) is 3.96. The van der Waals surface area contributed by atoms with E-state index in [9.17, 15) is 3.89 Å². The van der Waals surface area contributed by atoms with Gasteiger partial charge in [-0.05, 0) is 41.8 Å². The molecule has 2 aromatic rings. The van der Waals surface area contributed by atoms with Crippen LogP contribution in [0.3, 0.4) is 0 Å². The highest BCUT2D eigenvalue weighted by molar-refractivity contribution is 7.94. The van der Waals surface area contributed by atoms with Crippen LogP contribution in [0, 0.1) is 0 Å². The van der Waals surface area contributed by atoms with Crippen molar-refractivity contribution in [2.45, 2.75) is 11.8 Å². The molecule has 100 valence electrons. The summed E-state index contributed by atoms with van der Waals surface area (Å²) in [5.41, 5.74) is 6.19. The predicted octanol–water partition coefficient (Wildman–Crippen LogP) is 5.42. The minimum absolute atomic E-state index is 0.268. The minimum Gasteiger partial charge on any atom is -0.355 e. The number of halogens is 1. The quantitative estimate of drug-likeness (QED) is 0.789. The van der Waals surface area contributed by atoms with E-state index in [4.69, 9.17) is 0 Å². The van der Waals surface area contributed by atoms with Crippen molar-refractivity contribution in [1.82, 2.24) is 0 Å². The first-order valence-corrected chi connectivity index (χ1v) is 7.08. The highest BCUT2D eigenvalue weighted by Gasteiger charge is 2.20. The lowest BCUT2D eigenvalue weighted by Gasteiger charge is -2.25. The fourth-order valence-electron chi connectivity index (χ4n) is 2.47. The monoisotopic (exact) mass is 283 g/mol. The van der Waals surface area contributed by atoms with Crippen LogP contribution in [0.25, 0.3) is 5.57 Å². The smallest absolute Gasteiger partial charge is 0.0812 e. The fourth-order valence-corrected chi connectivity index (χ4v) is 2.76. The number of hydrogen-bond acceptors (Lipinski definition) is 2. The summed E-state index contributed by atoms with van der Waals surface area (Å²) < 4.78 is 12.9. The molecule has 20 heavy (non-hydrogen) atoms. The Morgan fingerprint density at radius 3 is 2.55 bits per heavy atom. The Balaban J connectivity index is 2.25. The molecule has 3 rings (SSSR count). The van der Waals surface area contributed by atoms with Gasteiger partial charge < -0.3 is 5.32 Å². The Labute approximate surface area is 122 Å². The summed E-state index contributed by atoms with van der Waals surface area (Å²) in [5.74, 6) is 0. The van der Waals surface area contributed by atoms with Crippen molar-refractivity contribution in [3.63, 3.8) is 0 Å². The summed E-state index contributed by atoms with van der Waals surface area (Å²) in [4.78, 5) is 0.610. The standard InChI is InChI=1S/C17H14FNS/c1-11-12(2)19-16-9-8-14(20-18)10-15(16)17(11)13-6-4-3-5-7-13/h3-10,19H,2H2,1H3. The van der Waals surface area contributed by atoms with E-state index in [1.54, 1.807) is 6.07 Å². The number of benzene rings is 2. The minimum atomic E-state index is 0.268. The zero-order valence-electron chi connectivity index (χ0n) is 11.1. The van der Waals surface area contributed by atoms with Crippen molar-refractivity contribution < 1.29 is 3.89 Å². The summed E-state index contributed by atoms with van der Waals surface area (Å²) in [5, 5.41) is 3.28. The molecule has 1 nitrogen and oxygen atoms in total. The van der Waals surface area contributed by atoms with Crippen LogP contribution in [0.15, 0.2) is 71.3 Å². The molecule has 0 saturated carbocycles. The van der Waals surface area contributed by atoms with E-state index in [-0.39, 0.29) is 12.1 Å². The summed E-state index contributed by atoms with van der Waals surface area (Å²) in [6.07, 6.45) is 0. The van der Waals surface area contributed by atoms with Crippen LogP contribution < -0.4 is 5.32 Å². The molecule has 0 aliphatic carbocycles. The molecule has 0 amide bonds. The second kappa shape index (κ2) is 5.17. The molecule has 0 aromatic heterocycles. The van der Waals surface area contributed by atoms with Gasteiger partial charge in [-0.25, -0.2) is 0 Å². The van der Waals surface area contributed by atoms with Crippen LogP contribution in [-0.2, 0) is 0 Å². The number of hydrogen-bond donors (Lipinski definition) is 1. The van der Waals surface area contributed by atoms with Gasteiger partial charge in [0.25, 0.3) is 0 Å². The summed E-state index contributed by atoms with van der Waals surface area (Å²) in [7, 11) is 0. The maximum Gasteiger partial charge on any atom is 0.0812 e. The second-order valence-electron chi connectivity index (χ2n) is 4.75. The van der Waals surface area contributed by atoms with E-state index in [1.807, 2.05) is 37.3 Å². The van der Waals surface area contributed by atoms with Gasteiger partial charge in [0, 0.05) is 21.8 Å². The number of rotatable bonds is 2. The highest BCUT2D eigenvalue weighted by Crippen LogP contribution is 2.40. The Morgan fingerprint density at radius 2 is 1.85 bits per heavy atom. The summed E-state index contributed by atoms with van der Waals surface area (Å²) in [6, 6.07) is 15.7. The van der Waals surface area contributed by atoms with Crippen molar-refractivity contribution in [2.75, 3.05) is 5.32 Å². The third kappa shape index (κ3) is 2.14. The maximum absolute atomic E-state index is 12.9. The van der Waals surface area contributed by atoms with Gasteiger partial charge in [-0.2, -0.15) is 3.89 Å². The maximum atomic E-state index is 12.9. The molecule has 2 aromatic carbocycles. The molecule has 1 heterocycles. The molecule has 0 fully saturated rings.